The maximum atomic E-state index is 12.5. The van der Waals surface area contributed by atoms with Crippen molar-refractivity contribution in [2.45, 2.75) is 360 Å². The summed E-state index contributed by atoms with van der Waals surface area (Å²) in [5.41, 5.74) is 47.3. The Labute approximate surface area is 848 Å². The molecule has 6 aliphatic carbocycles. The Kier molecular flexibility index (Phi) is 19.7. The van der Waals surface area contributed by atoms with Gasteiger partial charge < -0.3 is 28.4 Å². The molecule has 2 aromatic heterocycles. The molecule has 722 valence electrons. The Morgan fingerprint density at radius 2 is 0.676 bits per heavy atom. The number of nitrogens with zero attached hydrogens (tertiary/aromatic N) is 5. The minimum Gasteiger partial charge on any atom is -0.468 e. The number of fused-ring (bicyclic) bond motifs is 18. The number of hydrogen-bond donors (Lipinski definition) is 0. The van der Waals surface area contributed by atoms with E-state index in [1.807, 2.05) is 0 Å². The van der Waals surface area contributed by atoms with E-state index in [4.69, 9.17) is 8.83 Å². The van der Waals surface area contributed by atoms with Crippen molar-refractivity contribution in [3.8, 4) is 17.2 Å². The summed E-state index contributed by atoms with van der Waals surface area (Å²) in [6.07, 6.45) is 13.9. The zero-order valence-corrected chi connectivity index (χ0v) is 90.5. The molecule has 0 bridgehead atoms. The Hall–Kier alpha value is -11.5. The topological polar surface area (TPSA) is 63.0 Å². The predicted octanol–water partition coefficient (Wildman–Crippen LogP) is 32.1. The van der Waals surface area contributed by atoms with Gasteiger partial charge in [-0.25, -0.2) is 0 Å². The van der Waals surface area contributed by atoms with Gasteiger partial charge in [0.15, 0.2) is 0 Å². The number of benzene rings is 12. The highest BCUT2D eigenvalue weighted by atomic mass is 16.3. The molecule has 14 aromatic rings. The second-order valence-corrected chi connectivity index (χ2v) is 54.9. The second kappa shape index (κ2) is 30.1. The molecular formula is C133H147B2N5O2. The van der Waals surface area contributed by atoms with Crippen LogP contribution in [0.4, 0.5) is 68.2 Å². The third-order valence-electron chi connectivity index (χ3n) is 38.9. The minimum atomic E-state index is -0.354. The number of furan rings is 2. The maximum Gasteiger partial charge on any atom is 0.297 e. The Bertz CT molecular complexity index is 7820. The van der Waals surface area contributed by atoms with Crippen LogP contribution >= 0.6 is 0 Å². The molecule has 142 heavy (non-hydrogen) atoms. The van der Waals surface area contributed by atoms with Crippen LogP contribution in [0, 0.1) is 18.3 Å². The van der Waals surface area contributed by atoms with Crippen molar-refractivity contribution in [3.05, 3.63) is 306 Å². The molecule has 0 radical (unpaired) electrons. The summed E-state index contributed by atoms with van der Waals surface area (Å²) in [5.74, 6) is 0. The Morgan fingerprint density at radius 3 is 1.14 bits per heavy atom. The summed E-state index contributed by atoms with van der Waals surface area (Å²) in [6, 6.07) is 85.7. The second-order valence-electron chi connectivity index (χ2n) is 54.9. The van der Waals surface area contributed by atoms with Crippen molar-refractivity contribution in [2.24, 2.45) is 0 Å². The monoisotopic (exact) mass is 1870 g/mol. The molecule has 0 saturated heterocycles. The first kappa shape index (κ1) is 92.9. The van der Waals surface area contributed by atoms with E-state index in [2.05, 4.69) is 433 Å². The lowest BCUT2D eigenvalue weighted by Crippen LogP contribution is -2.61. The van der Waals surface area contributed by atoms with Crippen LogP contribution in [0.2, 0.25) is 0 Å². The van der Waals surface area contributed by atoms with Crippen LogP contribution in [0.3, 0.4) is 0 Å². The van der Waals surface area contributed by atoms with Crippen molar-refractivity contribution in [1.82, 2.24) is 0 Å². The lowest BCUT2D eigenvalue weighted by atomic mass is 9.35. The van der Waals surface area contributed by atoms with Gasteiger partial charge in [0.25, 0.3) is 13.4 Å². The molecule has 10 aliphatic rings. The van der Waals surface area contributed by atoms with Crippen LogP contribution in [-0.4, -0.2) is 13.4 Å². The van der Waals surface area contributed by atoms with Crippen LogP contribution in [0.15, 0.2) is 215 Å². The van der Waals surface area contributed by atoms with Crippen LogP contribution < -0.4 is 52.8 Å². The lowest BCUT2D eigenvalue weighted by molar-refractivity contribution is 0.311. The molecule has 7 nitrogen and oxygen atoms in total. The van der Waals surface area contributed by atoms with Crippen molar-refractivity contribution in [2.75, 3.05) is 19.6 Å². The number of nitriles is 1. The molecule has 4 aliphatic heterocycles. The fourth-order valence-corrected chi connectivity index (χ4v) is 28.8. The smallest absolute Gasteiger partial charge is 0.297 e. The lowest BCUT2D eigenvalue weighted by Gasteiger charge is -2.47. The highest BCUT2D eigenvalue weighted by Gasteiger charge is 2.56. The van der Waals surface area contributed by atoms with Gasteiger partial charge in [-0.3, -0.25) is 0 Å². The van der Waals surface area contributed by atoms with E-state index in [9.17, 15) is 5.26 Å². The summed E-state index contributed by atoms with van der Waals surface area (Å²) >= 11 is 0. The largest absolute Gasteiger partial charge is 0.468 e. The fraction of sp³-hybridized carbons (Fsp3) is 0.421. The van der Waals surface area contributed by atoms with Crippen LogP contribution in [0.25, 0.3) is 33.1 Å². The number of hydrogen-bond acceptors (Lipinski definition) is 7. The standard InChI is InChI=1S/C133H147B2N5O2/c1-78-61-108-114-109(62-78)140(117-90-68-95-101(130(23,24)58-53-125(95,13)14)74-112(90)141-119(117)134(114)103-70-97-99(128(19,20)56-54-126(97,15)16)72-106(103)137(108)86-44-46-91-93(66-86)123(9,10)51-49-121(91,5)6)105-48-39-79(63-81(105)77-136)88-38-34-33-35-80(88)76-133(29)60-59-131(25,26)96-69-89-113(75-102(96)133)142-118-116(89)139(85-42-40-83(41-43-85)132(27,28)82-36-31-30-32-37-82)111-65-84(120(2,3)4)64-110-115(111)135(118)104-71-98-100(129(21,22)57-55-127(98,17)18)73-107(104)138(110)87-45-47-92-94(67-87)124(11,12)52-50-122(92,7)8/h30-48,61-75H,49-60,76H2,1-29H3. The van der Waals surface area contributed by atoms with E-state index in [0.717, 1.165) is 168 Å². The van der Waals surface area contributed by atoms with Crippen LogP contribution in [-0.2, 0) is 82.2 Å². The number of rotatable bonds is 9. The molecule has 12 aromatic carbocycles. The van der Waals surface area contributed by atoms with Gasteiger partial charge in [-0.2, -0.15) is 5.26 Å². The van der Waals surface area contributed by atoms with Gasteiger partial charge in [-0.15, -0.1) is 0 Å². The van der Waals surface area contributed by atoms with Crippen LogP contribution in [0.1, 0.15) is 371 Å². The van der Waals surface area contributed by atoms with Crippen molar-refractivity contribution in [1.29, 1.82) is 5.26 Å². The fourth-order valence-electron chi connectivity index (χ4n) is 28.8. The average molecular weight is 1870 g/mol. The van der Waals surface area contributed by atoms with E-state index in [1.165, 1.54) is 145 Å². The molecule has 0 N–H and O–H groups in total. The SMILES string of the molecule is Cc1cc2c3c(c1)N(c1ccc(-c4ccccc4CC4(C)CCC(C)(C)c5cc6c7c(oc6cc54)B4c5cc6c(cc5N(c5ccc8c(c5)C(C)(C)CCC8(C)C)c5cc(C(C)(C)C)cc(c54)N7c4ccc(C(C)(C)c5ccccc5)cc4)C(C)(C)CCC6(C)C)cc1C#N)c1c(oc4cc5c(cc14)C(C)(C)CCC5(C)C)B3c1cc3c(cc1N2c1ccc2c(c1)C(C)(C)CCC2(C)C)C(C)(C)CCC3(C)C. The van der Waals surface area contributed by atoms with Gasteiger partial charge in [0, 0.05) is 67.4 Å². The van der Waals surface area contributed by atoms with E-state index in [0.29, 0.717) is 5.56 Å². The summed E-state index contributed by atoms with van der Waals surface area (Å²) in [7, 11) is 0. The molecule has 1 atom stereocenters. The zero-order valence-electron chi connectivity index (χ0n) is 90.5. The van der Waals surface area contributed by atoms with E-state index in [1.54, 1.807) is 0 Å². The third kappa shape index (κ3) is 13.6. The quantitative estimate of drug-likeness (QED) is 0.133. The summed E-state index contributed by atoms with van der Waals surface area (Å²) in [5, 5.41) is 14.7. The normalized spacial score (nSPS) is 21.1. The highest BCUT2D eigenvalue weighted by Crippen LogP contribution is 2.62. The van der Waals surface area contributed by atoms with Crippen molar-refractivity contribution in [3.63, 3.8) is 0 Å². The molecule has 0 amide bonds. The van der Waals surface area contributed by atoms with Gasteiger partial charge in [0.2, 0.25) is 0 Å². The van der Waals surface area contributed by atoms with Crippen LogP contribution in [0.5, 0.6) is 0 Å². The Morgan fingerprint density at radius 1 is 0.310 bits per heavy atom. The highest BCUT2D eigenvalue weighted by molar-refractivity contribution is 7.00. The first-order chi connectivity index (χ1) is 66.6. The van der Waals surface area contributed by atoms with Gasteiger partial charge >= 0.3 is 0 Å². The molecule has 6 heterocycles. The molecule has 0 spiro atoms. The maximum absolute atomic E-state index is 12.5. The summed E-state index contributed by atoms with van der Waals surface area (Å²) in [6.45, 7) is 70.8. The van der Waals surface area contributed by atoms with Crippen molar-refractivity contribution < 1.29 is 8.83 Å². The number of anilines is 12. The minimum absolute atomic E-state index is 0.0158. The van der Waals surface area contributed by atoms with Gasteiger partial charge in [-0.05, 0) is 398 Å². The molecule has 0 saturated carbocycles. The average Bonchev–Trinajstić information content (AvgIpc) is 1.37. The van der Waals surface area contributed by atoms with Gasteiger partial charge in [0.05, 0.1) is 33.9 Å². The van der Waals surface area contributed by atoms with Gasteiger partial charge in [-0.1, -0.05) is 291 Å². The summed E-state index contributed by atoms with van der Waals surface area (Å²) in [4.78, 5) is 10.6. The number of aryl methyl sites for hydroxylation is 1. The first-order valence-electron chi connectivity index (χ1n) is 53.9. The molecular weight excluding hydrogens is 1720 g/mol. The Balaban J connectivity index is 0.685. The molecule has 0 fully saturated rings. The first-order valence-corrected chi connectivity index (χ1v) is 53.9. The molecule has 1 unspecified atom stereocenters. The third-order valence-corrected chi connectivity index (χ3v) is 38.9. The van der Waals surface area contributed by atoms with Crippen molar-refractivity contribution >= 4 is 137 Å². The van der Waals surface area contributed by atoms with Gasteiger partial charge in [0.1, 0.15) is 17.2 Å². The molecule has 9 heteroatoms. The van der Waals surface area contributed by atoms with E-state index in [-0.39, 0.29) is 89.2 Å². The molecule has 24 rings (SSSR count). The zero-order chi connectivity index (χ0) is 100. The van der Waals surface area contributed by atoms with E-state index >= 15 is 0 Å². The summed E-state index contributed by atoms with van der Waals surface area (Å²) < 4.78 is 16.3. The predicted molar refractivity (Wildman–Crippen MR) is 602 cm³/mol. The van der Waals surface area contributed by atoms with E-state index < -0.39 is 0 Å².